The smallest absolute Gasteiger partial charge is 0.234 e. The third-order valence-corrected chi connectivity index (χ3v) is 6.32. The molecule has 164 valence electrons. The zero-order valence-electron chi connectivity index (χ0n) is 18.2. The van der Waals surface area contributed by atoms with E-state index < -0.39 is 0 Å². The van der Waals surface area contributed by atoms with E-state index >= 15 is 0 Å². The molecule has 3 rings (SSSR count). The van der Waals surface area contributed by atoms with Gasteiger partial charge in [0.05, 0.1) is 5.75 Å². The van der Waals surface area contributed by atoms with Crippen LogP contribution >= 0.6 is 23.4 Å². The van der Waals surface area contributed by atoms with Crippen molar-refractivity contribution in [1.82, 2.24) is 14.8 Å². The molecule has 1 N–H and O–H groups in total. The molecule has 0 aliphatic rings. The minimum atomic E-state index is -0.266. The number of halogens is 1. The second-order valence-corrected chi connectivity index (χ2v) is 8.44. The largest absolute Gasteiger partial charge is 0.483 e. The second kappa shape index (κ2) is 10.7. The van der Waals surface area contributed by atoms with Crippen molar-refractivity contribution in [2.45, 2.75) is 51.9 Å². The van der Waals surface area contributed by atoms with Crippen molar-refractivity contribution >= 4 is 35.0 Å². The van der Waals surface area contributed by atoms with Gasteiger partial charge >= 0.3 is 0 Å². The van der Waals surface area contributed by atoms with E-state index in [0.717, 1.165) is 23.6 Å². The zero-order valence-corrected chi connectivity index (χ0v) is 19.8. The lowest BCUT2D eigenvalue weighted by molar-refractivity contribution is -0.113. The van der Waals surface area contributed by atoms with E-state index in [1.165, 1.54) is 17.3 Å². The molecule has 0 aliphatic carbocycles. The lowest BCUT2D eigenvalue weighted by Crippen LogP contribution is -2.16. The first-order valence-corrected chi connectivity index (χ1v) is 11.7. The number of aryl methyl sites for hydroxylation is 1. The predicted octanol–water partition coefficient (Wildman–Crippen LogP) is 5.69. The molecule has 1 amide bonds. The van der Waals surface area contributed by atoms with Crippen molar-refractivity contribution in [2.75, 3.05) is 11.1 Å². The number of thioether (sulfide) groups is 1. The molecule has 0 spiro atoms. The van der Waals surface area contributed by atoms with Crippen molar-refractivity contribution in [3.8, 4) is 5.75 Å². The third-order valence-electron chi connectivity index (χ3n) is 4.94. The molecule has 1 heterocycles. The highest BCUT2D eigenvalue weighted by atomic mass is 35.5. The Bertz CT molecular complexity index is 1040. The van der Waals surface area contributed by atoms with Gasteiger partial charge in [0.2, 0.25) is 5.91 Å². The summed E-state index contributed by atoms with van der Waals surface area (Å²) in [5.41, 5.74) is 2.83. The summed E-state index contributed by atoms with van der Waals surface area (Å²) in [5, 5.41) is 12.8. The van der Waals surface area contributed by atoms with Crippen LogP contribution in [0.5, 0.6) is 5.75 Å². The number of carbonyl (C=O) groups excluding carboxylic acids is 1. The van der Waals surface area contributed by atoms with Gasteiger partial charge in [-0.05, 0) is 62.6 Å². The maximum atomic E-state index is 12.4. The van der Waals surface area contributed by atoms with Gasteiger partial charge in [0.1, 0.15) is 5.75 Å². The molecule has 8 heteroatoms. The highest BCUT2D eigenvalue weighted by Crippen LogP contribution is 2.26. The molecule has 0 aliphatic heterocycles. The van der Waals surface area contributed by atoms with Crippen molar-refractivity contribution < 1.29 is 9.53 Å². The molecule has 1 aromatic heterocycles. The Morgan fingerprint density at radius 3 is 2.61 bits per heavy atom. The van der Waals surface area contributed by atoms with Crippen LogP contribution in [0.15, 0.2) is 47.6 Å². The van der Waals surface area contributed by atoms with E-state index in [0.29, 0.717) is 22.4 Å². The highest BCUT2D eigenvalue weighted by Gasteiger charge is 2.19. The number of benzene rings is 2. The van der Waals surface area contributed by atoms with E-state index in [2.05, 4.69) is 34.6 Å². The van der Waals surface area contributed by atoms with E-state index in [1.807, 2.05) is 49.6 Å². The number of aromatic nitrogens is 3. The quantitative estimate of drug-likeness (QED) is 0.417. The Hall–Kier alpha value is -2.51. The second-order valence-electron chi connectivity index (χ2n) is 7.09. The van der Waals surface area contributed by atoms with Crippen LogP contribution in [0.1, 0.15) is 43.8 Å². The van der Waals surface area contributed by atoms with Crippen LogP contribution in [-0.2, 0) is 17.8 Å². The minimum absolute atomic E-state index is 0.122. The summed E-state index contributed by atoms with van der Waals surface area (Å²) in [6.45, 7) is 8.66. The summed E-state index contributed by atoms with van der Waals surface area (Å²) in [6.07, 6.45) is 0.725. The summed E-state index contributed by atoms with van der Waals surface area (Å²) in [5.74, 6) is 1.62. The monoisotopic (exact) mass is 458 g/mol. The number of hydrogen-bond acceptors (Lipinski definition) is 5. The maximum absolute atomic E-state index is 12.4. The van der Waals surface area contributed by atoms with E-state index in [-0.39, 0.29) is 17.8 Å². The summed E-state index contributed by atoms with van der Waals surface area (Å²) in [4.78, 5) is 12.4. The van der Waals surface area contributed by atoms with Gasteiger partial charge in [-0.3, -0.25) is 4.79 Å². The molecule has 2 aromatic carbocycles. The molecule has 6 nitrogen and oxygen atoms in total. The Kier molecular flexibility index (Phi) is 7.98. The summed E-state index contributed by atoms with van der Waals surface area (Å²) < 4.78 is 8.04. The Balaban J connectivity index is 1.63. The standard InChI is InChI=1S/C23H27ClN4O2S/c1-5-17-10-12-18(13-11-17)30-16(4)22-26-27-23(28(22)6-2)31-14-21(29)25-20-9-7-8-19(24)15(20)3/h7-13,16H,5-6,14H2,1-4H3,(H,25,29)/t16-/m1/s1. The third kappa shape index (κ3) is 5.80. The maximum Gasteiger partial charge on any atom is 0.234 e. The van der Waals surface area contributed by atoms with Gasteiger partial charge in [-0.15, -0.1) is 10.2 Å². The van der Waals surface area contributed by atoms with Crippen molar-refractivity contribution in [1.29, 1.82) is 0 Å². The number of nitrogens with zero attached hydrogens (tertiary/aromatic N) is 3. The lowest BCUT2D eigenvalue weighted by atomic mass is 10.2. The molecule has 3 aromatic rings. The van der Waals surface area contributed by atoms with E-state index in [1.54, 1.807) is 6.07 Å². The Morgan fingerprint density at radius 2 is 1.94 bits per heavy atom. The number of rotatable bonds is 9. The summed E-state index contributed by atoms with van der Waals surface area (Å²) >= 11 is 7.47. The van der Waals surface area contributed by atoms with Gasteiger partial charge in [-0.1, -0.05) is 48.5 Å². The Labute approximate surface area is 192 Å². The molecular weight excluding hydrogens is 432 g/mol. The van der Waals surface area contributed by atoms with Gasteiger partial charge in [-0.2, -0.15) is 0 Å². The normalized spacial score (nSPS) is 11.9. The van der Waals surface area contributed by atoms with Gasteiger partial charge in [0, 0.05) is 17.3 Å². The first-order valence-electron chi connectivity index (χ1n) is 10.3. The molecule has 0 saturated heterocycles. The average Bonchev–Trinajstić information content (AvgIpc) is 3.19. The average molecular weight is 459 g/mol. The molecule has 0 unspecified atom stereocenters. The van der Waals surface area contributed by atoms with Gasteiger partial charge in [-0.25, -0.2) is 0 Å². The molecule has 1 atom stereocenters. The van der Waals surface area contributed by atoms with Crippen LogP contribution in [0, 0.1) is 6.92 Å². The number of anilines is 1. The fraction of sp³-hybridized carbons (Fsp3) is 0.348. The lowest BCUT2D eigenvalue weighted by Gasteiger charge is -2.16. The SMILES string of the molecule is CCc1ccc(O[C@H](C)c2nnc(SCC(=O)Nc3cccc(Cl)c3C)n2CC)cc1. The van der Waals surface area contributed by atoms with Gasteiger partial charge in [0.15, 0.2) is 17.1 Å². The van der Waals surface area contributed by atoms with Crippen molar-refractivity contribution in [3.05, 3.63) is 64.4 Å². The minimum Gasteiger partial charge on any atom is -0.483 e. The number of ether oxygens (including phenoxy) is 1. The van der Waals surface area contributed by atoms with Gasteiger partial charge in [0.25, 0.3) is 0 Å². The highest BCUT2D eigenvalue weighted by molar-refractivity contribution is 7.99. The zero-order chi connectivity index (χ0) is 22.4. The summed E-state index contributed by atoms with van der Waals surface area (Å²) in [6, 6.07) is 13.5. The molecule has 0 saturated carbocycles. The van der Waals surface area contributed by atoms with Crippen LogP contribution < -0.4 is 10.1 Å². The van der Waals surface area contributed by atoms with Crippen LogP contribution in [0.4, 0.5) is 5.69 Å². The first kappa shape index (κ1) is 23.2. The molecule has 0 bridgehead atoms. The fourth-order valence-electron chi connectivity index (χ4n) is 3.12. The van der Waals surface area contributed by atoms with Crippen molar-refractivity contribution in [2.24, 2.45) is 0 Å². The number of carbonyl (C=O) groups is 1. The topological polar surface area (TPSA) is 69.0 Å². The first-order chi connectivity index (χ1) is 14.9. The van der Waals surface area contributed by atoms with Crippen LogP contribution in [0.2, 0.25) is 5.02 Å². The predicted molar refractivity (Wildman–Crippen MR) is 126 cm³/mol. The molecule has 0 radical (unpaired) electrons. The number of nitrogens with one attached hydrogen (secondary N) is 1. The van der Waals surface area contributed by atoms with E-state index in [9.17, 15) is 4.79 Å². The fourth-order valence-corrected chi connectivity index (χ4v) is 4.11. The van der Waals surface area contributed by atoms with Crippen LogP contribution in [0.25, 0.3) is 0 Å². The molecular formula is C23H27ClN4O2S. The number of amides is 1. The number of hydrogen-bond donors (Lipinski definition) is 1. The van der Waals surface area contributed by atoms with Crippen LogP contribution in [-0.4, -0.2) is 26.4 Å². The van der Waals surface area contributed by atoms with Crippen molar-refractivity contribution in [3.63, 3.8) is 0 Å². The summed E-state index contributed by atoms with van der Waals surface area (Å²) in [7, 11) is 0. The Morgan fingerprint density at radius 1 is 1.19 bits per heavy atom. The van der Waals surface area contributed by atoms with Crippen LogP contribution in [0.3, 0.4) is 0 Å². The molecule has 31 heavy (non-hydrogen) atoms. The van der Waals surface area contributed by atoms with E-state index in [4.69, 9.17) is 16.3 Å². The molecule has 0 fully saturated rings. The van der Waals surface area contributed by atoms with Gasteiger partial charge < -0.3 is 14.6 Å².